The number of halogens is 2. The van der Waals surface area contributed by atoms with Crippen molar-refractivity contribution < 1.29 is 14.6 Å². The van der Waals surface area contributed by atoms with E-state index in [9.17, 15) is 5.11 Å². The summed E-state index contributed by atoms with van der Waals surface area (Å²) in [6.45, 7) is 0.257. The van der Waals surface area contributed by atoms with Crippen molar-refractivity contribution in [3.63, 3.8) is 0 Å². The summed E-state index contributed by atoms with van der Waals surface area (Å²) >= 11 is 6.69. The maximum absolute atomic E-state index is 9.18. The number of phenolic OH excluding ortho intramolecular Hbond substituents is 1. The van der Waals surface area contributed by atoms with E-state index >= 15 is 0 Å². The van der Waals surface area contributed by atoms with Gasteiger partial charge in [-0.1, -0.05) is 0 Å². The van der Waals surface area contributed by atoms with Gasteiger partial charge in [0.1, 0.15) is 11.5 Å². The minimum Gasteiger partial charge on any atom is -0.508 e. The number of hydrogen-bond donors (Lipinski definition) is 1. The summed E-state index contributed by atoms with van der Waals surface area (Å²) in [5.41, 5.74) is 1.83. The molecule has 0 radical (unpaired) electrons. The zero-order valence-corrected chi connectivity index (χ0v) is 17.6. The number of rotatable bonds is 3. The van der Waals surface area contributed by atoms with E-state index in [2.05, 4.69) is 41.8 Å². The van der Waals surface area contributed by atoms with Crippen molar-refractivity contribution in [3.8, 4) is 11.5 Å². The molecule has 5 nitrogen and oxygen atoms in total. The molecule has 0 bridgehead atoms. The first-order chi connectivity index (χ1) is 13.0. The van der Waals surface area contributed by atoms with E-state index in [0.29, 0.717) is 0 Å². The maximum atomic E-state index is 9.18. The first kappa shape index (κ1) is 19.5. The number of ether oxygens (including phenoxy) is 2. The number of aromatic nitrogens is 2. The van der Waals surface area contributed by atoms with Gasteiger partial charge >= 0.3 is 0 Å². The van der Waals surface area contributed by atoms with Gasteiger partial charge in [-0.05, 0) is 80.4 Å². The van der Waals surface area contributed by atoms with Gasteiger partial charge in [-0.25, -0.2) is 0 Å². The van der Waals surface area contributed by atoms with Gasteiger partial charge in [-0.3, -0.25) is 9.97 Å². The lowest BCUT2D eigenvalue weighted by Gasteiger charge is -2.05. The second kappa shape index (κ2) is 9.12. The zero-order valence-electron chi connectivity index (χ0n) is 14.4. The van der Waals surface area contributed by atoms with E-state index in [0.717, 1.165) is 36.5 Å². The van der Waals surface area contributed by atoms with Gasteiger partial charge in [-0.15, -0.1) is 0 Å². The number of aromatic hydroxyl groups is 1. The topological polar surface area (TPSA) is 64.5 Å². The number of pyridine rings is 2. The summed E-state index contributed by atoms with van der Waals surface area (Å²) in [6.07, 6.45) is 3.51. The van der Waals surface area contributed by atoms with Crippen molar-refractivity contribution in [3.05, 3.63) is 69.9 Å². The van der Waals surface area contributed by atoms with Gasteiger partial charge in [0.05, 0.1) is 11.0 Å². The summed E-state index contributed by atoms with van der Waals surface area (Å²) in [7, 11) is 1.60. The first-order valence-electron chi connectivity index (χ1n) is 7.96. The molecule has 1 N–H and O–H groups in total. The van der Waals surface area contributed by atoms with Crippen molar-refractivity contribution in [2.45, 2.75) is 0 Å². The van der Waals surface area contributed by atoms with Gasteiger partial charge in [0.25, 0.3) is 0 Å². The molecule has 0 atom stereocenters. The Hall–Kier alpha value is -2.22. The number of nitrogens with zero attached hydrogens (tertiary/aromatic N) is 2. The van der Waals surface area contributed by atoms with Crippen LogP contribution in [0.4, 0.5) is 0 Å². The van der Waals surface area contributed by atoms with Gasteiger partial charge < -0.3 is 14.6 Å². The largest absolute Gasteiger partial charge is 0.508 e. The molecule has 138 valence electrons. The average molecular weight is 492 g/mol. The van der Waals surface area contributed by atoms with E-state index in [1.807, 2.05) is 30.3 Å². The lowest BCUT2D eigenvalue weighted by atomic mass is 10.2. The molecule has 27 heavy (non-hydrogen) atoms. The molecule has 4 rings (SSSR count). The summed E-state index contributed by atoms with van der Waals surface area (Å²) in [5, 5.41) is 11.2. The van der Waals surface area contributed by atoms with Crippen molar-refractivity contribution in [1.29, 1.82) is 0 Å². The minimum absolute atomic E-state index is 0.257. The number of fused-ring (bicyclic) bond motifs is 2. The van der Waals surface area contributed by atoms with E-state index in [4.69, 9.17) is 9.47 Å². The Morgan fingerprint density at radius 2 is 1.44 bits per heavy atom. The summed E-state index contributed by atoms with van der Waals surface area (Å²) in [4.78, 5) is 8.43. The van der Waals surface area contributed by atoms with E-state index in [1.165, 1.54) is 0 Å². The molecular formula is C20H16Br2N2O3. The highest BCUT2D eigenvalue weighted by molar-refractivity contribution is 9.10. The van der Waals surface area contributed by atoms with E-state index < -0.39 is 0 Å². The molecule has 0 unspecified atom stereocenters. The smallest absolute Gasteiger partial charge is 0.188 e. The zero-order chi connectivity index (χ0) is 19.2. The molecule has 4 aromatic rings. The molecule has 0 saturated heterocycles. The van der Waals surface area contributed by atoms with Crippen LogP contribution in [-0.2, 0) is 4.74 Å². The van der Waals surface area contributed by atoms with E-state index in [1.54, 1.807) is 37.7 Å². The van der Waals surface area contributed by atoms with E-state index in [-0.39, 0.29) is 12.5 Å². The number of methoxy groups -OCH3 is 1. The molecule has 0 aliphatic heterocycles. The van der Waals surface area contributed by atoms with Crippen LogP contribution < -0.4 is 4.74 Å². The molecule has 0 spiro atoms. The third kappa shape index (κ3) is 5.38. The predicted molar refractivity (Wildman–Crippen MR) is 113 cm³/mol. The molecule has 2 aromatic heterocycles. The third-order valence-corrected chi connectivity index (χ3v) is 4.46. The van der Waals surface area contributed by atoms with Gasteiger partial charge in [-0.2, -0.15) is 0 Å². The molecule has 0 saturated carbocycles. The van der Waals surface area contributed by atoms with Crippen LogP contribution in [0.25, 0.3) is 21.8 Å². The van der Waals surface area contributed by atoms with Gasteiger partial charge in [0.2, 0.25) is 0 Å². The first-order valence-corrected chi connectivity index (χ1v) is 9.55. The molecule has 0 amide bonds. The Labute approximate surface area is 173 Å². The van der Waals surface area contributed by atoms with Crippen molar-refractivity contribution in [2.75, 3.05) is 13.9 Å². The Kier molecular flexibility index (Phi) is 6.60. The standard InChI is InChI=1S/C11H10BrNO2.C9H6BrNO/c1-14-7-15-10-2-3-11-8(5-10)4-9(12)6-13-11;10-7-3-6-4-8(12)1-2-9(6)11-5-7/h2-6H,7H2,1H3;1-5,12H. The molecule has 0 fully saturated rings. The van der Waals surface area contributed by atoms with Crippen LogP contribution in [0.1, 0.15) is 0 Å². The number of hydrogen-bond acceptors (Lipinski definition) is 5. The lowest BCUT2D eigenvalue weighted by molar-refractivity contribution is 0.0512. The fourth-order valence-electron chi connectivity index (χ4n) is 2.39. The van der Waals surface area contributed by atoms with Gasteiger partial charge in [0, 0.05) is 39.2 Å². The van der Waals surface area contributed by atoms with Crippen LogP contribution in [-0.4, -0.2) is 29.0 Å². The van der Waals surface area contributed by atoms with Crippen LogP contribution >= 0.6 is 31.9 Å². The van der Waals surface area contributed by atoms with Crippen LogP contribution in [0.3, 0.4) is 0 Å². The Bertz CT molecular complexity index is 1040. The van der Waals surface area contributed by atoms with Gasteiger partial charge in [0.15, 0.2) is 6.79 Å². The lowest BCUT2D eigenvalue weighted by Crippen LogP contribution is -1.98. The molecule has 2 aromatic carbocycles. The predicted octanol–water partition coefficient (Wildman–Crippen LogP) is 5.68. The highest BCUT2D eigenvalue weighted by atomic mass is 79.9. The van der Waals surface area contributed by atoms with Crippen molar-refractivity contribution in [2.24, 2.45) is 0 Å². The quantitative estimate of drug-likeness (QED) is 0.373. The molecule has 7 heteroatoms. The van der Waals surface area contributed by atoms with Crippen molar-refractivity contribution >= 4 is 53.7 Å². The van der Waals surface area contributed by atoms with Crippen LogP contribution in [0, 0.1) is 0 Å². The Morgan fingerprint density at radius 1 is 0.852 bits per heavy atom. The minimum atomic E-state index is 0.257. The normalized spacial score (nSPS) is 10.5. The average Bonchev–Trinajstić information content (AvgIpc) is 2.66. The maximum Gasteiger partial charge on any atom is 0.188 e. The fraction of sp³-hybridized carbons (Fsp3) is 0.100. The third-order valence-electron chi connectivity index (χ3n) is 3.59. The monoisotopic (exact) mass is 490 g/mol. The van der Waals surface area contributed by atoms with Crippen LogP contribution in [0.5, 0.6) is 11.5 Å². The molecule has 0 aliphatic rings. The van der Waals surface area contributed by atoms with Crippen LogP contribution in [0.15, 0.2) is 69.9 Å². The number of benzene rings is 2. The second-order valence-corrected chi connectivity index (χ2v) is 7.42. The highest BCUT2D eigenvalue weighted by Gasteiger charge is 1.99. The second-order valence-electron chi connectivity index (χ2n) is 5.59. The fourth-order valence-corrected chi connectivity index (χ4v) is 3.09. The van der Waals surface area contributed by atoms with Crippen molar-refractivity contribution in [1.82, 2.24) is 9.97 Å². The molecule has 0 aliphatic carbocycles. The summed E-state index contributed by atoms with van der Waals surface area (Å²) in [6, 6.07) is 14.8. The summed E-state index contributed by atoms with van der Waals surface area (Å²) in [5.74, 6) is 1.05. The Morgan fingerprint density at radius 3 is 2.07 bits per heavy atom. The highest BCUT2D eigenvalue weighted by Crippen LogP contribution is 2.22. The number of phenols is 1. The molecule has 2 heterocycles. The molecular weight excluding hydrogens is 476 g/mol. The summed E-state index contributed by atoms with van der Waals surface area (Å²) < 4.78 is 12.0. The SMILES string of the molecule is COCOc1ccc2ncc(Br)cc2c1.Oc1ccc2ncc(Br)cc2c1. The van der Waals surface area contributed by atoms with Crippen LogP contribution in [0.2, 0.25) is 0 Å². The Balaban J connectivity index is 0.000000159.